The first-order valence-corrected chi connectivity index (χ1v) is 17.9. The summed E-state index contributed by atoms with van der Waals surface area (Å²) in [6.07, 6.45) is 9.83. The van der Waals surface area contributed by atoms with Crippen molar-refractivity contribution in [3.63, 3.8) is 0 Å². The predicted molar refractivity (Wildman–Crippen MR) is 157 cm³/mol. The van der Waals surface area contributed by atoms with E-state index in [-0.39, 0.29) is 28.9 Å². The molecule has 0 spiro atoms. The molecule has 4 atom stereocenters. The summed E-state index contributed by atoms with van der Waals surface area (Å²) in [5.74, 6) is 2.22. The summed E-state index contributed by atoms with van der Waals surface area (Å²) < 4.78 is 13.4. The fraction of sp³-hybridized carbons (Fsp3) is 0.812. The van der Waals surface area contributed by atoms with Crippen LogP contribution in [0.4, 0.5) is 0 Å². The van der Waals surface area contributed by atoms with Crippen LogP contribution >= 0.6 is 0 Å². The highest BCUT2D eigenvalue weighted by Gasteiger charge is 2.50. The van der Waals surface area contributed by atoms with Gasteiger partial charge < -0.3 is 19.4 Å². The van der Waals surface area contributed by atoms with Gasteiger partial charge in [-0.2, -0.15) is 0 Å². The molecule has 1 heterocycles. The monoisotopic (exact) mass is 532 g/mol. The van der Waals surface area contributed by atoms with E-state index >= 15 is 0 Å². The van der Waals surface area contributed by atoms with Crippen LogP contribution in [0.3, 0.4) is 0 Å². The van der Waals surface area contributed by atoms with Crippen LogP contribution in [0, 0.1) is 11.8 Å². The van der Waals surface area contributed by atoms with Gasteiger partial charge in [0.15, 0.2) is 8.32 Å². The maximum atomic E-state index is 11.4. The number of ether oxygens (including phenoxy) is 1. The molecule has 0 unspecified atom stereocenters. The fourth-order valence-electron chi connectivity index (χ4n) is 6.38. The van der Waals surface area contributed by atoms with E-state index in [1.807, 2.05) is 6.07 Å². The Morgan fingerprint density at radius 1 is 1.08 bits per heavy atom. The Morgan fingerprint density at radius 2 is 1.78 bits per heavy atom. The average Bonchev–Trinajstić information content (AvgIpc) is 2.79. The minimum Gasteiger partial charge on any atom is -0.508 e. The lowest BCUT2D eigenvalue weighted by atomic mass is 9.62. The zero-order valence-corrected chi connectivity index (χ0v) is 26.4. The van der Waals surface area contributed by atoms with Crippen molar-refractivity contribution in [3.05, 3.63) is 23.3 Å². The van der Waals surface area contributed by atoms with E-state index in [2.05, 4.69) is 67.6 Å². The van der Waals surface area contributed by atoms with Crippen LogP contribution in [0.5, 0.6) is 11.5 Å². The van der Waals surface area contributed by atoms with Crippen LogP contribution in [0.1, 0.15) is 123 Å². The van der Waals surface area contributed by atoms with E-state index in [0.29, 0.717) is 18.1 Å². The van der Waals surface area contributed by atoms with E-state index in [9.17, 15) is 10.2 Å². The summed E-state index contributed by atoms with van der Waals surface area (Å²) in [6, 6.07) is 4.22. The highest BCUT2D eigenvalue weighted by Crippen LogP contribution is 2.57. The lowest BCUT2D eigenvalue weighted by Crippen LogP contribution is -2.50. The molecule has 212 valence electrons. The van der Waals surface area contributed by atoms with Crippen molar-refractivity contribution in [3.8, 4) is 11.5 Å². The maximum absolute atomic E-state index is 11.4. The number of phenols is 1. The lowest BCUT2D eigenvalue weighted by Gasteiger charge is -2.51. The van der Waals surface area contributed by atoms with E-state index in [1.54, 1.807) is 0 Å². The predicted octanol–water partition coefficient (Wildman–Crippen LogP) is 8.70. The Bertz CT molecular complexity index is 903. The number of aliphatic hydroxyl groups is 1. The molecule has 1 aliphatic heterocycles. The number of phenolic OH excluding ortho intramolecular Hbond substituents is 1. The van der Waals surface area contributed by atoms with Crippen molar-refractivity contribution in [2.45, 2.75) is 141 Å². The van der Waals surface area contributed by atoms with Crippen molar-refractivity contribution < 1.29 is 19.4 Å². The van der Waals surface area contributed by atoms with Gasteiger partial charge in [-0.3, -0.25) is 0 Å². The summed E-state index contributed by atoms with van der Waals surface area (Å²) in [7, 11) is -1.81. The molecule has 37 heavy (non-hydrogen) atoms. The van der Waals surface area contributed by atoms with Gasteiger partial charge in [-0.05, 0) is 85.7 Å². The third-order valence-corrected chi connectivity index (χ3v) is 14.6. The fourth-order valence-corrected chi connectivity index (χ4v) is 7.47. The van der Waals surface area contributed by atoms with Crippen molar-refractivity contribution in [2.24, 2.45) is 11.8 Å². The van der Waals surface area contributed by atoms with Gasteiger partial charge in [0, 0.05) is 31.1 Å². The molecule has 5 heteroatoms. The molecule has 2 aliphatic rings. The minimum absolute atomic E-state index is 0.0278. The summed E-state index contributed by atoms with van der Waals surface area (Å²) in [5.41, 5.74) is 1.69. The first kappa shape index (κ1) is 30.5. The number of rotatable bonds is 11. The first-order chi connectivity index (χ1) is 17.1. The molecule has 1 saturated carbocycles. The highest BCUT2D eigenvalue weighted by atomic mass is 28.4. The molecular weight excluding hydrogens is 476 g/mol. The van der Waals surface area contributed by atoms with Gasteiger partial charge in [0.05, 0.1) is 0 Å². The smallest absolute Gasteiger partial charge is 0.191 e. The number of hydrogen-bond acceptors (Lipinski definition) is 4. The number of unbranched alkanes of at least 4 members (excludes halogenated alkanes) is 3. The van der Waals surface area contributed by atoms with E-state index < -0.39 is 13.9 Å². The summed E-state index contributed by atoms with van der Waals surface area (Å²) in [5, 5.41) is 21.6. The summed E-state index contributed by atoms with van der Waals surface area (Å²) in [6.45, 7) is 21.5. The molecule has 0 amide bonds. The quantitative estimate of drug-likeness (QED) is 0.221. The van der Waals surface area contributed by atoms with E-state index in [1.165, 1.54) is 25.7 Å². The Hall–Kier alpha value is -1.04. The van der Waals surface area contributed by atoms with Gasteiger partial charge in [0.2, 0.25) is 0 Å². The molecule has 0 aromatic heterocycles. The van der Waals surface area contributed by atoms with Crippen LogP contribution in [-0.2, 0) is 9.84 Å². The van der Waals surface area contributed by atoms with Crippen LogP contribution in [0.2, 0.25) is 18.1 Å². The first-order valence-electron chi connectivity index (χ1n) is 15.0. The van der Waals surface area contributed by atoms with Crippen molar-refractivity contribution in [1.82, 2.24) is 0 Å². The Kier molecular flexibility index (Phi) is 9.56. The highest BCUT2D eigenvalue weighted by molar-refractivity contribution is 6.74. The van der Waals surface area contributed by atoms with E-state index in [4.69, 9.17) is 9.16 Å². The van der Waals surface area contributed by atoms with Crippen molar-refractivity contribution >= 4 is 8.32 Å². The number of fused-ring (bicyclic) bond motifs is 3. The maximum Gasteiger partial charge on any atom is 0.191 e. The molecule has 3 rings (SSSR count). The average molecular weight is 533 g/mol. The molecule has 0 bridgehead atoms. The van der Waals surface area contributed by atoms with Crippen molar-refractivity contribution in [2.75, 3.05) is 13.2 Å². The third kappa shape index (κ3) is 6.76. The van der Waals surface area contributed by atoms with Gasteiger partial charge in [-0.25, -0.2) is 0 Å². The van der Waals surface area contributed by atoms with Gasteiger partial charge in [0.1, 0.15) is 17.1 Å². The number of aliphatic hydroxyl groups excluding tert-OH is 1. The second-order valence-corrected chi connectivity index (χ2v) is 19.3. The third-order valence-electron chi connectivity index (χ3n) is 10.1. The molecule has 4 nitrogen and oxygen atoms in total. The number of benzene rings is 1. The topological polar surface area (TPSA) is 58.9 Å². The molecule has 1 aliphatic carbocycles. The lowest BCUT2D eigenvalue weighted by molar-refractivity contribution is -0.0482. The Labute approximate surface area is 228 Å². The SMILES string of the molecule is CCCCCCC(C)(C)c1cc(O)c2c(c1)O[C@@](C)(CCO)[C@@H]1CC[C@@H](CO[Si](C)(C)C(C)(C)C)C[C@@H]21. The molecule has 2 N–H and O–H groups in total. The second-order valence-electron chi connectivity index (χ2n) is 14.5. The Balaban J connectivity index is 1.89. The largest absolute Gasteiger partial charge is 0.508 e. The molecule has 0 saturated heterocycles. The van der Waals surface area contributed by atoms with E-state index in [0.717, 1.165) is 49.2 Å². The van der Waals surface area contributed by atoms with Gasteiger partial charge >= 0.3 is 0 Å². The zero-order valence-electron chi connectivity index (χ0n) is 25.4. The Morgan fingerprint density at radius 3 is 2.41 bits per heavy atom. The normalized spacial score (nSPS) is 26.4. The number of hydrogen-bond donors (Lipinski definition) is 2. The molecule has 0 radical (unpaired) electrons. The van der Waals surface area contributed by atoms with Gasteiger partial charge in [-0.15, -0.1) is 0 Å². The summed E-state index contributed by atoms with van der Waals surface area (Å²) in [4.78, 5) is 0. The van der Waals surface area contributed by atoms with Gasteiger partial charge in [-0.1, -0.05) is 67.2 Å². The standard InChI is InChI=1S/C32H56O4Si/c1-10-11-12-13-16-31(5,6)24-20-27(34)29-25-19-23(22-35-37(8,9)30(2,3)4)14-15-26(25)32(7,17-18-33)36-28(29)21-24/h20-21,23,25-26,33-34H,10-19,22H2,1-9H3/t23-,25-,26-,32+/m1/s1. The van der Waals surface area contributed by atoms with Crippen LogP contribution < -0.4 is 4.74 Å². The van der Waals surface area contributed by atoms with Crippen LogP contribution in [0.15, 0.2) is 12.1 Å². The molecule has 1 aromatic rings. The van der Waals surface area contributed by atoms with Gasteiger partial charge in [0.25, 0.3) is 0 Å². The minimum atomic E-state index is -1.81. The summed E-state index contributed by atoms with van der Waals surface area (Å²) >= 11 is 0. The zero-order chi connectivity index (χ0) is 27.6. The molecule has 1 fully saturated rings. The number of aromatic hydroxyl groups is 1. The van der Waals surface area contributed by atoms with Crippen LogP contribution in [0.25, 0.3) is 0 Å². The second kappa shape index (κ2) is 11.6. The molecule has 1 aromatic carbocycles. The van der Waals surface area contributed by atoms with Crippen LogP contribution in [-0.4, -0.2) is 37.3 Å². The molecular formula is C32H56O4Si. The van der Waals surface area contributed by atoms with Crippen molar-refractivity contribution in [1.29, 1.82) is 0 Å².